The van der Waals surface area contributed by atoms with Crippen LogP contribution in [0.3, 0.4) is 0 Å². The summed E-state index contributed by atoms with van der Waals surface area (Å²) in [7, 11) is 0. The Labute approximate surface area is 164 Å². The van der Waals surface area contributed by atoms with Crippen LogP contribution in [0, 0.1) is 0 Å². The van der Waals surface area contributed by atoms with Gasteiger partial charge in [-0.1, -0.05) is 64.2 Å². The summed E-state index contributed by atoms with van der Waals surface area (Å²) in [6, 6.07) is -1.11. The molecule has 0 atom stereocenters. The van der Waals surface area contributed by atoms with Crippen LogP contribution in [0.5, 0.6) is 0 Å². The highest BCUT2D eigenvalue weighted by atomic mass is 19.3. The molecule has 0 saturated heterocycles. The summed E-state index contributed by atoms with van der Waals surface area (Å²) in [5.41, 5.74) is 0. The van der Waals surface area contributed by atoms with Crippen molar-refractivity contribution in [3.05, 3.63) is 0 Å². The molecular weight excluding hydrogens is 376 g/mol. The Balaban J connectivity index is 1.97. The van der Waals surface area contributed by atoms with Gasteiger partial charge in [0.05, 0.1) is 0 Å². The number of alkyl halides is 4. The van der Waals surface area contributed by atoms with Crippen LogP contribution in [0.1, 0.15) is 89.9 Å². The normalized spacial score (nSPS) is 21.7. The van der Waals surface area contributed by atoms with Crippen molar-refractivity contribution in [2.24, 2.45) is 0 Å². The molecule has 0 aromatic rings. The zero-order valence-corrected chi connectivity index (χ0v) is 16.4. The second-order valence-corrected chi connectivity index (χ2v) is 8.18. The van der Waals surface area contributed by atoms with Crippen molar-refractivity contribution in [1.82, 2.24) is 10.6 Å². The topological polar surface area (TPSA) is 58.2 Å². The third-order valence-corrected chi connectivity index (χ3v) is 5.85. The number of carbonyl (C=O) groups is 2. The van der Waals surface area contributed by atoms with Crippen LogP contribution >= 0.6 is 0 Å². The number of nitrogens with one attached hydrogen (secondary N) is 2. The molecule has 2 amide bonds. The van der Waals surface area contributed by atoms with E-state index in [0.717, 1.165) is 64.2 Å². The fraction of sp³-hybridized carbons (Fsp3) is 0.900. The van der Waals surface area contributed by atoms with E-state index in [1.807, 2.05) is 0 Å². The van der Waals surface area contributed by atoms with Gasteiger partial charge in [0.1, 0.15) is 0 Å². The summed E-state index contributed by atoms with van der Waals surface area (Å²) in [6.07, 6.45) is 10.8. The number of amides is 2. The molecule has 2 rings (SSSR count). The molecule has 2 fully saturated rings. The largest absolute Gasteiger partial charge is 0.395 e. The van der Waals surface area contributed by atoms with Gasteiger partial charge >= 0.3 is 11.8 Å². The van der Waals surface area contributed by atoms with Gasteiger partial charge in [-0.3, -0.25) is 9.59 Å². The zero-order chi connectivity index (χ0) is 20.6. The van der Waals surface area contributed by atoms with E-state index in [2.05, 4.69) is 10.6 Å². The molecule has 0 aliphatic heterocycles. The average Bonchev–Trinajstić information content (AvgIpc) is 2.58. The van der Waals surface area contributed by atoms with E-state index < -0.39 is 35.7 Å². The zero-order valence-electron chi connectivity index (χ0n) is 16.4. The molecule has 4 nitrogen and oxygen atoms in total. The molecule has 0 aromatic heterocycles. The van der Waals surface area contributed by atoms with E-state index >= 15 is 0 Å². The molecule has 0 spiro atoms. The monoisotopic (exact) mass is 408 g/mol. The number of carbonyl (C=O) groups excluding carboxylic acids is 2. The maximum Gasteiger partial charge on any atom is 0.395 e. The number of hydrogen-bond donors (Lipinski definition) is 2. The van der Waals surface area contributed by atoms with Crippen molar-refractivity contribution in [1.29, 1.82) is 0 Å². The Morgan fingerprint density at radius 2 is 0.786 bits per heavy atom. The van der Waals surface area contributed by atoms with Crippen LogP contribution in [-0.4, -0.2) is 35.7 Å². The third-order valence-electron chi connectivity index (χ3n) is 5.85. The first-order valence-corrected chi connectivity index (χ1v) is 10.6. The van der Waals surface area contributed by atoms with Crippen molar-refractivity contribution in [3.63, 3.8) is 0 Å². The van der Waals surface area contributed by atoms with E-state index in [-0.39, 0.29) is 0 Å². The standard InChI is InChI=1S/C20H32F4N2O2/c21-19(22,17(27)25-15-11-7-3-1-4-8-12-15)20(23,24)18(28)26-16-13-9-5-2-6-10-14-16/h15-16H,1-14H2,(H,25,27)(H,26,28). The number of halogens is 4. The Bertz CT molecular complexity index is 466. The highest BCUT2D eigenvalue weighted by Crippen LogP contribution is 2.35. The SMILES string of the molecule is O=C(NC1CCCCCCC1)C(F)(F)C(F)(F)C(=O)NC1CCCCCCC1. The molecule has 2 aliphatic carbocycles. The molecule has 8 heteroatoms. The molecule has 0 radical (unpaired) electrons. The summed E-state index contributed by atoms with van der Waals surface area (Å²) in [5, 5.41) is 4.12. The van der Waals surface area contributed by atoms with Gasteiger partial charge in [0, 0.05) is 12.1 Å². The first-order chi connectivity index (χ1) is 13.2. The maximum atomic E-state index is 14.3. The van der Waals surface area contributed by atoms with E-state index in [9.17, 15) is 27.2 Å². The molecule has 2 N–H and O–H groups in total. The van der Waals surface area contributed by atoms with Crippen LogP contribution in [0.15, 0.2) is 0 Å². The van der Waals surface area contributed by atoms with Crippen LogP contribution in [-0.2, 0) is 9.59 Å². The fourth-order valence-electron chi connectivity index (χ4n) is 4.04. The summed E-state index contributed by atoms with van der Waals surface area (Å²) >= 11 is 0. The number of hydrogen-bond acceptors (Lipinski definition) is 2. The first-order valence-electron chi connectivity index (χ1n) is 10.6. The Morgan fingerprint density at radius 1 is 0.536 bits per heavy atom. The molecule has 0 bridgehead atoms. The molecule has 2 aliphatic rings. The van der Waals surface area contributed by atoms with Crippen molar-refractivity contribution in [3.8, 4) is 0 Å². The van der Waals surface area contributed by atoms with Crippen molar-refractivity contribution in [2.75, 3.05) is 0 Å². The van der Waals surface area contributed by atoms with E-state index in [1.165, 1.54) is 0 Å². The molecule has 0 heterocycles. The summed E-state index contributed by atoms with van der Waals surface area (Å²) in [4.78, 5) is 23.9. The van der Waals surface area contributed by atoms with Gasteiger partial charge in [0.25, 0.3) is 11.8 Å². The lowest BCUT2D eigenvalue weighted by Crippen LogP contribution is -2.61. The fourth-order valence-corrected chi connectivity index (χ4v) is 4.04. The average molecular weight is 408 g/mol. The summed E-state index contributed by atoms with van der Waals surface area (Å²) in [5.74, 6) is -14.3. The van der Waals surface area contributed by atoms with E-state index in [0.29, 0.717) is 25.7 Å². The predicted octanol–water partition coefficient (Wildman–Crippen LogP) is 4.72. The van der Waals surface area contributed by atoms with E-state index in [1.54, 1.807) is 0 Å². The van der Waals surface area contributed by atoms with Gasteiger partial charge in [0.15, 0.2) is 0 Å². The van der Waals surface area contributed by atoms with Crippen molar-refractivity contribution < 1.29 is 27.2 Å². The minimum Gasteiger partial charge on any atom is -0.348 e. The van der Waals surface area contributed by atoms with Crippen LogP contribution in [0.25, 0.3) is 0 Å². The minimum absolute atomic E-state index is 0.488. The maximum absolute atomic E-state index is 14.3. The molecule has 2 saturated carbocycles. The van der Waals surface area contributed by atoms with Gasteiger partial charge in [-0.05, 0) is 25.7 Å². The quantitative estimate of drug-likeness (QED) is 0.647. The minimum atomic E-state index is -5.08. The number of rotatable bonds is 5. The van der Waals surface area contributed by atoms with Crippen molar-refractivity contribution >= 4 is 11.8 Å². The van der Waals surface area contributed by atoms with Gasteiger partial charge in [-0.2, -0.15) is 17.6 Å². The van der Waals surface area contributed by atoms with E-state index in [4.69, 9.17) is 0 Å². The highest BCUT2D eigenvalue weighted by molar-refractivity contribution is 5.95. The third kappa shape index (κ3) is 6.08. The van der Waals surface area contributed by atoms with Crippen LogP contribution < -0.4 is 10.6 Å². The van der Waals surface area contributed by atoms with Crippen LogP contribution in [0.2, 0.25) is 0 Å². The molecule has 0 unspecified atom stereocenters. The van der Waals surface area contributed by atoms with Gasteiger partial charge in [-0.15, -0.1) is 0 Å². The lowest BCUT2D eigenvalue weighted by molar-refractivity contribution is -0.212. The highest BCUT2D eigenvalue weighted by Gasteiger charge is 2.67. The summed E-state index contributed by atoms with van der Waals surface area (Å²) in [6.45, 7) is 0. The molecular formula is C20H32F4N2O2. The first kappa shape index (κ1) is 22.9. The lowest BCUT2D eigenvalue weighted by Gasteiger charge is -2.29. The second-order valence-electron chi connectivity index (χ2n) is 8.18. The van der Waals surface area contributed by atoms with Gasteiger partial charge < -0.3 is 10.6 Å². The Kier molecular flexibility index (Phi) is 8.56. The predicted molar refractivity (Wildman–Crippen MR) is 98.4 cm³/mol. The van der Waals surface area contributed by atoms with Gasteiger partial charge in [0.2, 0.25) is 0 Å². The Morgan fingerprint density at radius 3 is 1.07 bits per heavy atom. The van der Waals surface area contributed by atoms with Gasteiger partial charge in [-0.25, -0.2) is 0 Å². The van der Waals surface area contributed by atoms with Crippen molar-refractivity contribution in [2.45, 2.75) is 114 Å². The lowest BCUT2D eigenvalue weighted by atomic mass is 9.95. The summed E-state index contributed by atoms with van der Waals surface area (Å²) < 4.78 is 57.0. The molecule has 162 valence electrons. The van der Waals surface area contributed by atoms with Crippen LogP contribution in [0.4, 0.5) is 17.6 Å². The Hall–Kier alpha value is -1.34. The molecule has 0 aromatic carbocycles. The smallest absolute Gasteiger partial charge is 0.348 e. The second kappa shape index (κ2) is 10.4. The molecule has 28 heavy (non-hydrogen) atoms.